The third-order valence-corrected chi connectivity index (χ3v) is 0.632. The van der Waals surface area contributed by atoms with Crippen LogP contribution in [0.3, 0.4) is 0 Å². The summed E-state index contributed by atoms with van der Waals surface area (Å²) in [5, 5.41) is 0. The molecule has 0 saturated heterocycles. The van der Waals surface area contributed by atoms with Gasteiger partial charge in [-0.2, -0.15) is 0 Å². The van der Waals surface area contributed by atoms with Gasteiger partial charge in [0.2, 0.25) is 0 Å². The van der Waals surface area contributed by atoms with E-state index in [2.05, 4.69) is 8.88 Å². The van der Waals surface area contributed by atoms with E-state index in [1.807, 2.05) is 0 Å². The van der Waals surface area contributed by atoms with Crippen LogP contribution in [0.25, 0.3) is 0 Å². The van der Waals surface area contributed by atoms with E-state index in [0.717, 1.165) is 0 Å². The van der Waals surface area contributed by atoms with Crippen molar-refractivity contribution in [3.05, 3.63) is 0 Å². The van der Waals surface area contributed by atoms with Crippen LogP contribution in [-0.2, 0) is 18.0 Å². The Bertz CT molecular complexity index is 57.1. The van der Waals surface area contributed by atoms with Crippen LogP contribution in [0.1, 0.15) is 0 Å². The van der Waals surface area contributed by atoms with Gasteiger partial charge in [0.05, 0.1) is 0 Å². The summed E-state index contributed by atoms with van der Waals surface area (Å²) < 4.78 is 26.9. The molecule has 0 aromatic carbocycles. The Hall–Kier alpha value is 0.250. The summed E-state index contributed by atoms with van der Waals surface area (Å²) >= 11 is 0. The van der Waals surface area contributed by atoms with Gasteiger partial charge in [0.25, 0.3) is 0 Å². The molecule has 0 fully saturated rings. The van der Waals surface area contributed by atoms with E-state index < -0.39 is 17.4 Å². The minimum atomic E-state index is -0.464. The van der Waals surface area contributed by atoms with Crippen LogP contribution in [0.15, 0.2) is 0 Å². The van der Waals surface area contributed by atoms with Gasteiger partial charge in [-0.05, 0) is 0 Å². The second-order valence-electron chi connectivity index (χ2n) is 0.525. The zero-order chi connectivity index (χ0) is 5.54. The van der Waals surface area contributed by atoms with Crippen LogP contribution >= 0.6 is 17.4 Å². The first-order chi connectivity index (χ1) is 3.41. The number of rotatable bonds is 4. The van der Waals surface area contributed by atoms with Crippen molar-refractivity contribution in [2.24, 2.45) is 0 Å². The molecule has 0 aromatic heterocycles. The molecule has 8 heteroatoms. The van der Waals surface area contributed by atoms with Crippen molar-refractivity contribution in [2.45, 2.75) is 0 Å². The summed E-state index contributed by atoms with van der Waals surface area (Å²) in [5.41, 5.74) is 0. The first-order valence-electron chi connectivity index (χ1n) is 1.31. The van der Waals surface area contributed by atoms with Crippen LogP contribution in [-0.4, -0.2) is 16.1 Å². The van der Waals surface area contributed by atoms with Crippen LogP contribution in [0.2, 0.25) is 0 Å². The standard InChI is InChI=1S/BHO4P2.BH/c2-6-4-1-5-7-3;/h1H;1H. The van der Waals surface area contributed by atoms with Crippen LogP contribution < -0.4 is 0 Å². The first kappa shape index (κ1) is 11.1. The molecule has 0 aliphatic rings. The van der Waals surface area contributed by atoms with Crippen molar-refractivity contribution in [3.63, 3.8) is 0 Å². The van der Waals surface area contributed by atoms with Gasteiger partial charge in [-0.25, -0.2) is 9.13 Å². The molecule has 0 amide bonds. The molecule has 4 nitrogen and oxygen atoms in total. The molecule has 42 valence electrons. The Labute approximate surface area is 52.4 Å². The number of hydrogen-bond acceptors (Lipinski definition) is 4. The largest absolute Gasteiger partial charge is 0.459 e. The Balaban J connectivity index is 0. The number of hydrogen-bond donors (Lipinski definition) is 0. The van der Waals surface area contributed by atoms with Crippen molar-refractivity contribution in [1.82, 2.24) is 0 Å². The normalized spacial score (nSPS) is 8.50. The quantitative estimate of drug-likeness (QED) is 0.322. The van der Waals surface area contributed by atoms with E-state index in [1.165, 1.54) is 0 Å². The van der Waals surface area contributed by atoms with Crippen molar-refractivity contribution in [1.29, 1.82) is 0 Å². The lowest BCUT2D eigenvalue weighted by Crippen LogP contribution is -1.85. The molecule has 0 spiro atoms. The average molecular weight is 150 g/mol. The van der Waals surface area contributed by atoms with Gasteiger partial charge >= 0.3 is 25.1 Å². The molecular formula is H2B2O4P2. The monoisotopic (exact) mass is 150 g/mol. The molecule has 2 radical (unpaired) electrons. The topological polar surface area (TPSA) is 52.6 Å². The molecule has 0 atom stereocenters. The lowest BCUT2D eigenvalue weighted by molar-refractivity contribution is 0.469. The Morgan fingerprint density at radius 2 is 1.50 bits per heavy atom. The van der Waals surface area contributed by atoms with Gasteiger partial charge in [-0.15, -0.1) is 0 Å². The van der Waals surface area contributed by atoms with E-state index >= 15 is 0 Å². The lowest BCUT2D eigenvalue weighted by Gasteiger charge is -1.78. The Kier molecular flexibility index (Phi) is 14.3. The molecule has 0 N–H and O–H groups in total. The van der Waals surface area contributed by atoms with Crippen LogP contribution in [0.4, 0.5) is 0 Å². The van der Waals surface area contributed by atoms with Gasteiger partial charge in [0, 0.05) is 8.41 Å². The maximum atomic E-state index is 9.37. The van der Waals surface area contributed by atoms with Crippen LogP contribution in [0, 0.1) is 0 Å². The third-order valence-electron chi connectivity index (χ3n) is 0.211. The fourth-order valence-corrected chi connectivity index (χ4v) is 0.341. The van der Waals surface area contributed by atoms with E-state index in [4.69, 9.17) is 0 Å². The van der Waals surface area contributed by atoms with Crippen molar-refractivity contribution < 1.29 is 18.0 Å². The van der Waals surface area contributed by atoms with E-state index in [-0.39, 0.29) is 16.1 Å². The summed E-state index contributed by atoms with van der Waals surface area (Å²) in [6, 6.07) is 0. The van der Waals surface area contributed by atoms with Crippen molar-refractivity contribution in [2.75, 3.05) is 0 Å². The molecule has 0 unspecified atom stereocenters. The van der Waals surface area contributed by atoms with Gasteiger partial charge in [-0.1, -0.05) is 0 Å². The lowest BCUT2D eigenvalue weighted by atomic mass is 10.4. The van der Waals surface area contributed by atoms with E-state index in [1.54, 1.807) is 0 Å². The molecule has 0 aliphatic heterocycles. The average Bonchev–Trinajstić information content (AvgIpc) is 1.69. The second kappa shape index (κ2) is 10.3. The fraction of sp³-hybridized carbons (Fsp3) is 0. The minimum absolute atomic E-state index is 0. The molecule has 8 heavy (non-hydrogen) atoms. The van der Waals surface area contributed by atoms with Gasteiger partial charge in [0.15, 0.2) is 0 Å². The zero-order valence-electron chi connectivity index (χ0n) is 3.94. The van der Waals surface area contributed by atoms with Gasteiger partial charge < -0.3 is 8.88 Å². The van der Waals surface area contributed by atoms with Crippen LogP contribution in [0.5, 0.6) is 0 Å². The maximum Gasteiger partial charge on any atom is 0.459 e. The summed E-state index contributed by atoms with van der Waals surface area (Å²) in [4.78, 5) is 0. The molecule has 0 saturated carbocycles. The highest BCUT2D eigenvalue weighted by atomic mass is 31.1. The molecule has 0 rings (SSSR count). The Morgan fingerprint density at radius 1 is 1.12 bits per heavy atom. The SMILES string of the molecule is O=POBOP=O.[BH]. The summed E-state index contributed by atoms with van der Waals surface area (Å²) in [6.45, 7) is 0. The smallest absolute Gasteiger partial charge is 0.327 e. The third kappa shape index (κ3) is 9.54. The summed E-state index contributed by atoms with van der Waals surface area (Å²) in [5.74, 6) is 0. The molecule has 0 aromatic rings. The Morgan fingerprint density at radius 3 is 1.75 bits per heavy atom. The van der Waals surface area contributed by atoms with Crippen molar-refractivity contribution in [3.8, 4) is 0 Å². The predicted molar refractivity (Wildman–Crippen MR) is 31.7 cm³/mol. The van der Waals surface area contributed by atoms with E-state index in [0.29, 0.717) is 0 Å². The van der Waals surface area contributed by atoms with E-state index in [9.17, 15) is 9.13 Å². The molecular weight excluding hydrogens is 148 g/mol. The predicted octanol–water partition coefficient (Wildman–Crippen LogP) is 0.0510. The van der Waals surface area contributed by atoms with Crippen molar-refractivity contribution >= 4 is 33.5 Å². The summed E-state index contributed by atoms with van der Waals surface area (Å²) in [6.07, 6.45) is 0. The zero-order valence-corrected chi connectivity index (χ0v) is 5.73. The highest BCUT2D eigenvalue weighted by molar-refractivity contribution is 7.21. The maximum absolute atomic E-state index is 9.37. The minimum Gasteiger partial charge on any atom is -0.327 e. The summed E-state index contributed by atoms with van der Waals surface area (Å²) in [7, 11) is -1.14. The first-order valence-corrected chi connectivity index (χ1v) is 2.77. The second-order valence-corrected chi connectivity index (χ2v) is 1.34. The highest BCUT2D eigenvalue weighted by Crippen LogP contribution is 1.96. The molecule has 0 heterocycles. The fourth-order valence-electron chi connectivity index (χ4n) is 0.0666. The van der Waals surface area contributed by atoms with Gasteiger partial charge in [0.1, 0.15) is 0 Å². The molecule has 0 bridgehead atoms. The van der Waals surface area contributed by atoms with Gasteiger partial charge in [-0.3, -0.25) is 0 Å². The molecule has 0 aliphatic carbocycles. The highest BCUT2D eigenvalue weighted by Gasteiger charge is 1.86.